The van der Waals surface area contributed by atoms with Gasteiger partial charge >= 0.3 is 11.8 Å². The fourth-order valence-corrected chi connectivity index (χ4v) is 4.10. The van der Waals surface area contributed by atoms with Crippen LogP contribution >= 0.6 is 0 Å². The van der Waals surface area contributed by atoms with Crippen molar-refractivity contribution in [3.05, 3.63) is 34.7 Å². The fraction of sp³-hybridized carbons (Fsp3) is 0.579. The summed E-state index contributed by atoms with van der Waals surface area (Å²) in [5.41, 5.74) is 1.62. The molecule has 2 heterocycles. The molecule has 7 heteroatoms. The normalized spacial score (nSPS) is 20.8. The number of fused-ring (bicyclic) bond motifs is 1. The van der Waals surface area contributed by atoms with Gasteiger partial charge in [0.1, 0.15) is 0 Å². The topological polar surface area (TPSA) is 81.6 Å². The van der Waals surface area contributed by atoms with Crippen molar-refractivity contribution in [1.82, 2.24) is 19.4 Å². The summed E-state index contributed by atoms with van der Waals surface area (Å²) in [6, 6.07) is 7.64. The lowest BCUT2D eigenvalue weighted by atomic mass is 9.94. The van der Waals surface area contributed by atoms with Crippen molar-refractivity contribution in [2.45, 2.75) is 45.2 Å². The van der Waals surface area contributed by atoms with Crippen LogP contribution in [0.15, 0.2) is 29.1 Å². The van der Waals surface area contributed by atoms with Gasteiger partial charge in [-0.1, -0.05) is 26.0 Å². The van der Waals surface area contributed by atoms with Crippen LogP contribution in [0.1, 0.15) is 39.2 Å². The monoisotopic (exact) mass is 360 g/mol. The van der Waals surface area contributed by atoms with Crippen molar-refractivity contribution in [2.75, 3.05) is 26.2 Å². The highest BCUT2D eigenvalue weighted by Gasteiger charge is 2.33. The number of nitrogens with one attached hydrogen (secondary N) is 1. The van der Waals surface area contributed by atoms with Gasteiger partial charge in [-0.05, 0) is 44.5 Å². The third kappa shape index (κ3) is 3.62. The Bertz CT molecular complexity index is 808. The molecule has 2 aromatic rings. The molecule has 2 unspecified atom stereocenters. The first-order valence-electron chi connectivity index (χ1n) is 9.46. The van der Waals surface area contributed by atoms with Gasteiger partial charge < -0.3 is 19.9 Å². The van der Waals surface area contributed by atoms with E-state index in [4.69, 9.17) is 0 Å². The summed E-state index contributed by atoms with van der Waals surface area (Å²) in [6.45, 7) is 7.50. The molecule has 0 saturated carbocycles. The number of carbonyl (C=O) groups is 1. The number of imidazole rings is 1. The van der Waals surface area contributed by atoms with E-state index in [1.165, 1.54) is 0 Å². The molecule has 1 saturated heterocycles. The summed E-state index contributed by atoms with van der Waals surface area (Å²) in [5, 5.41) is 9.57. The fourth-order valence-electron chi connectivity index (χ4n) is 4.10. The van der Waals surface area contributed by atoms with Gasteiger partial charge in [-0.15, -0.1) is 0 Å². The summed E-state index contributed by atoms with van der Waals surface area (Å²) in [4.78, 5) is 30.9. The summed E-state index contributed by atoms with van der Waals surface area (Å²) < 4.78 is 1.82. The number of para-hydroxylation sites is 2. The van der Waals surface area contributed by atoms with Crippen LogP contribution in [0, 0.1) is 0 Å². The first kappa shape index (κ1) is 18.5. The van der Waals surface area contributed by atoms with Crippen molar-refractivity contribution < 1.29 is 9.90 Å². The smallest absolute Gasteiger partial charge is 0.407 e. The Morgan fingerprint density at radius 2 is 2.04 bits per heavy atom. The predicted octanol–water partition coefficient (Wildman–Crippen LogP) is 2.75. The number of benzene rings is 1. The molecular formula is C19H28N4O3. The quantitative estimate of drug-likeness (QED) is 0.830. The van der Waals surface area contributed by atoms with Crippen LogP contribution in [-0.4, -0.2) is 62.8 Å². The van der Waals surface area contributed by atoms with Crippen molar-refractivity contribution in [2.24, 2.45) is 0 Å². The maximum absolute atomic E-state index is 12.5. The predicted molar refractivity (Wildman–Crippen MR) is 102 cm³/mol. The molecule has 7 nitrogen and oxygen atoms in total. The molecule has 3 rings (SSSR count). The average Bonchev–Trinajstić information content (AvgIpc) is 2.98. The Hall–Kier alpha value is -2.28. The lowest BCUT2D eigenvalue weighted by molar-refractivity contribution is 0.0831. The van der Waals surface area contributed by atoms with E-state index in [1.807, 2.05) is 28.8 Å². The number of aromatic amines is 1. The molecule has 2 N–H and O–H groups in total. The zero-order chi connectivity index (χ0) is 18.7. The SMILES string of the molecule is CCN(CC)CCC1CC(n2c(=O)[nH]c3ccccc32)CCN1C(=O)O. The zero-order valence-corrected chi connectivity index (χ0v) is 15.5. The molecule has 0 bridgehead atoms. The Morgan fingerprint density at radius 1 is 1.31 bits per heavy atom. The Kier molecular flexibility index (Phi) is 5.66. The van der Waals surface area contributed by atoms with E-state index in [-0.39, 0.29) is 17.8 Å². The Labute approximate surface area is 153 Å². The minimum atomic E-state index is -0.862. The molecule has 1 aliphatic heterocycles. The van der Waals surface area contributed by atoms with E-state index in [0.717, 1.165) is 37.1 Å². The lowest BCUT2D eigenvalue weighted by Gasteiger charge is -2.39. The van der Waals surface area contributed by atoms with Crippen molar-refractivity contribution in [3.8, 4) is 0 Å². The number of nitrogens with zero attached hydrogens (tertiary/aromatic N) is 3. The van der Waals surface area contributed by atoms with Crippen LogP contribution in [0.3, 0.4) is 0 Å². The number of hydrogen-bond donors (Lipinski definition) is 2. The molecule has 1 aliphatic rings. The first-order valence-corrected chi connectivity index (χ1v) is 9.46. The van der Waals surface area contributed by atoms with Gasteiger partial charge in [0.25, 0.3) is 0 Å². The second-order valence-electron chi connectivity index (χ2n) is 6.94. The van der Waals surface area contributed by atoms with Gasteiger partial charge in [0.05, 0.1) is 11.0 Å². The third-order valence-corrected chi connectivity index (χ3v) is 5.60. The molecule has 1 aromatic heterocycles. The highest BCUT2D eigenvalue weighted by molar-refractivity contribution is 5.75. The molecular weight excluding hydrogens is 332 g/mol. The number of aromatic nitrogens is 2. The van der Waals surface area contributed by atoms with Gasteiger partial charge in [-0.3, -0.25) is 4.57 Å². The van der Waals surface area contributed by atoms with E-state index in [2.05, 4.69) is 23.7 Å². The van der Waals surface area contributed by atoms with E-state index in [1.54, 1.807) is 4.90 Å². The second-order valence-corrected chi connectivity index (χ2v) is 6.94. The minimum Gasteiger partial charge on any atom is -0.465 e. The number of H-pyrrole nitrogens is 1. The maximum Gasteiger partial charge on any atom is 0.407 e. The summed E-state index contributed by atoms with van der Waals surface area (Å²) in [5.74, 6) is 0. The molecule has 142 valence electrons. The number of likely N-dealkylation sites (tertiary alicyclic amines) is 1. The number of carboxylic acid groups (broad SMARTS) is 1. The highest BCUT2D eigenvalue weighted by Crippen LogP contribution is 2.30. The van der Waals surface area contributed by atoms with Gasteiger partial charge in [-0.2, -0.15) is 0 Å². The second kappa shape index (κ2) is 7.95. The van der Waals surface area contributed by atoms with Crippen LogP contribution in [0.2, 0.25) is 0 Å². The van der Waals surface area contributed by atoms with Gasteiger partial charge in [0.15, 0.2) is 0 Å². The number of hydrogen-bond acceptors (Lipinski definition) is 3. The molecule has 0 aliphatic carbocycles. The Morgan fingerprint density at radius 3 is 2.73 bits per heavy atom. The van der Waals surface area contributed by atoms with Crippen LogP contribution < -0.4 is 5.69 Å². The lowest BCUT2D eigenvalue weighted by Crippen LogP contribution is -2.48. The third-order valence-electron chi connectivity index (χ3n) is 5.60. The average molecular weight is 360 g/mol. The van der Waals surface area contributed by atoms with Crippen molar-refractivity contribution in [1.29, 1.82) is 0 Å². The van der Waals surface area contributed by atoms with Crippen LogP contribution in [-0.2, 0) is 0 Å². The number of piperidine rings is 1. The van der Waals surface area contributed by atoms with Crippen molar-refractivity contribution in [3.63, 3.8) is 0 Å². The van der Waals surface area contributed by atoms with Gasteiger partial charge in [-0.25, -0.2) is 9.59 Å². The van der Waals surface area contributed by atoms with Crippen LogP contribution in [0.4, 0.5) is 4.79 Å². The molecule has 0 radical (unpaired) electrons. The summed E-state index contributed by atoms with van der Waals surface area (Å²) >= 11 is 0. The summed E-state index contributed by atoms with van der Waals surface area (Å²) in [7, 11) is 0. The van der Waals surface area contributed by atoms with Gasteiger partial charge in [0.2, 0.25) is 0 Å². The number of rotatable bonds is 6. The largest absolute Gasteiger partial charge is 0.465 e. The maximum atomic E-state index is 12.5. The molecule has 26 heavy (non-hydrogen) atoms. The van der Waals surface area contributed by atoms with E-state index >= 15 is 0 Å². The number of amides is 1. The molecule has 1 fully saturated rings. The molecule has 1 aromatic carbocycles. The van der Waals surface area contributed by atoms with E-state index in [0.29, 0.717) is 19.4 Å². The minimum absolute atomic E-state index is 0.0240. The molecule has 2 atom stereocenters. The van der Waals surface area contributed by atoms with Gasteiger partial charge in [0, 0.05) is 25.2 Å². The van der Waals surface area contributed by atoms with E-state index in [9.17, 15) is 14.7 Å². The molecule has 1 amide bonds. The summed E-state index contributed by atoms with van der Waals surface area (Å²) in [6.07, 6.45) is 1.27. The van der Waals surface area contributed by atoms with E-state index < -0.39 is 6.09 Å². The van der Waals surface area contributed by atoms with Crippen molar-refractivity contribution >= 4 is 17.1 Å². The first-order chi connectivity index (χ1) is 12.5. The highest BCUT2D eigenvalue weighted by atomic mass is 16.4. The van der Waals surface area contributed by atoms with Crippen LogP contribution in [0.5, 0.6) is 0 Å². The molecule has 0 spiro atoms. The zero-order valence-electron chi connectivity index (χ0n) is 15.5. The standard InChI is InChI=1S/C19H28N4O3/c1-3-21(4-2)11-9-14-13-15(10-12-22(14)19(25)26)23-17-8-6-5-7-16(17)20-18(23)24/h5-8,14-15H,3-4,9-13H2,1-2H3,(H,20,24)(H,25,26). The Balaban J connectivity index is 1.83. The van der Waals surface area contributed by atoms with Crippen LogP contribution in [0.25, 0.3) is 11.0 Å².